The number of benzene rings is 1. The molecule has 2 rings (SSSR count). The van der Waals surface area contributed by atoms with Gasteiger partial charge in [-0.2, -0.15) is 0 Å². The topological polar surface area (TPSA) is 12.5 Å². The standard InChI is InChI=1S/C13H18INO/c1-15(10-13-4-2-3-9-16-13)12-7-5-11(14)6-8-12/h5-8,13H,2-4,9-10H2,1H3/t13-/m1/s1. The minimum absolute atomic E-state index is 0.415. The molecule has 16 heavy (non-hydrogen) atoms. The first-order chi connectivity index (χ1) is 7.75. The number of rotatable bonds is 3. The molecule has 0 unspecified atom stereocenters. The van der Waals surface area contributed by atoms with Crippen LogP contribution in [0.15, 0.2) is 24.3 Å². The zero-order valence-corrected chi connectivity index (χ0v) is 11.8. The van der Waals surface area contributed by atoms with Crippen molar-refractivity contribution in [1.29, 1.82) is 0 Å². The molecule has 88 valence electrons. The van der Waals surface area contributed by atoms with Crippen LogP contribution < -0.4 is 4.90 Å². The number of ether oxygens (including phenoxy) is 1. The Kier molecular flexibility index (Phi) is 4.46. The quantitative estimate of drug-likeness (QED) is 0.788. The average molecular weight is 331 g/mol. The highest BCUT2D eigenvalue weighted by Crippen LogP contribution is 2.18. The van der Waals surface area contributed by atoms with Gasteiger partial charge in [-0.25, -0.2) is 0 Å². The van der Waals surface area contributed by atoms with E-state index in [4.69, 9.17) is 4.74 Å². The number of nitrogens with zero attached hydrogens (tertiary/aromatic N) is 1. The molecule has 0 saturated carbocycles. The molecule has 1 aliphatic rings. The molecule has 1 aliphatic heterocycles. The Morgan fingerprint density at radius 1 is 1.31 bits per heavy atom. The van der Waals surface area contributed by atoms with Crippen LogP contribution in [0.4, 0.5) is 5.69 Å². The highest BCUT2D eigenvalue weighted by Gasteiger charge is 2.15. The van der Waals surface area contributed by atoms with Crippen molar-refractivity contribution >= 4 is 28.3 Å². The zero-order valence-electron chi connectivity index (χ0n) is 9.66. The Bertz CT molecular complexity index is 319. The summed E-state index contributed by atoms with van der Waals surface area (Å²) in [6.45, 7) is 1.94. The molecule has 0 amide bonds. The van der Waals surface area contributed by atoms with Crippen LogP contribution in [-0.4, -0.2) is 26.3 Å². The summed E-state index contributed by atoms with van der Waals surface area (Å²) in [4.78, 5) is 2.28. The van der Waals surface area contributed by atoms with E-state index in [1.165, 1.54) is 28.5 Å². The molecule has 0 radical (unpaired) electrons. The van der Waals surface area contributed by atoms with E-state index >= 15 is 0 Å². The van der Waals surface area contributed by atoms with Gasteiger partial charge in [0.25, 0.3) is 0 Å². The van der Waals surface area contributed by atoms with E-state index in [0.717, 1.165) is 13.2 Å². The molecular weight excluding hydrogens is 313 g/mol. The molecule has 0 spiro atoms. The lowest BCUT2D eigenvalue weighted by molar-refractivity contribution is 0.0216. The average Bonchev–Trinajstić information content (AvgIpc) is 2.31. The summed E-state index contributed by atoms with van der Waals surface area (Å²) in [5.74, 6) is 0. The van der Waals surface area contributed by atoms with Crippen molar-refractivity contribution in [2.24, 2.45) is 0 Å². The first kappa shape index (κ1) is 12.2. The largest absolute Gasteiger partial charge is 0.376 e. The van der Waals surface area contributed by atoms with E-state index in [0.29, 0.717) is 6.10 Å². The maximum absolute atomic E-state index is 5.75. The minimum atomic E-state index is 0.415. The van der Waals surface area contributed by atoms with Crippen LogP contribution in [0, 0.1) is 3.57 Å². The van der Waals surface area contributed by atoms with Crippen molar-refractivity contribution < 1.29 is 4.74 Å². The summed E-state index contributed by atoms with van der Waals surface area (Å²) in [5.41, 5.74) is 1.27. The summed E-state index contributed by atoms with van der Waals surface area (Å²) in [6.07, 6.45) is 4.15. The van der Waals surface area contributed by atoms with Gasteiger partial charge in [0.05, 0.1) is 6.10 Å². The second kappa shape index (κ2) is 5.87. The molecule has 0 N–H and O–H groups in total. The number of hydrogen-bond acceptors (Lipinski definition) is 2. The highest BCUT2D eigenvalue weighted by atomic mass is 127. The highest BCUT2D eigenvalue weighted by molar-refractivity contribution is 14.1. The monoisotopic (exact) mass is 331 g/mol. The van der Waals surface area contributed by atoms with E-state index in [1.807, 2.05) is 0 Å². The molecule has 1 fully saturated rings. The van der Waals surface area contributed by atoms with Gasteiger partial charge < -0.3 is 9.64 Å². The summed E-state index contributed by atoms with van der Waals surface area (Å²) < 4.78 is 7.03. The van der Waals surface area contributed by atoms with Crippen molar-refractivity contribution in [2.45, 2.75) is 25.4 Å². The van der Waals surface area contributed by atoms with Crippen LogP contribution in [0.1, 0.15) is 19.3 Å². The van der Waals surface area contributed by atoms with E-state index in [9.17, 15) is 0 Å². The van der Waals surface area contributed by atoms with Crippen LogP contribution >= 0.6 is 22.6 Å². The Morgan fingerprint density at radius 3 is 2.69 bits per heavy atom. The van der Waals surface area contributed by atoms with Gasteiger partial charge in [0.2, 0.25) is 0 Å². The maximum Gasteiger partial charge on any atom is 0.0749 e. The third-order valence-electron chi connectivity index (χ3n) is 3.02. The van der Waals surface area contributed by atoms with Gasteiger partial charge >= 0.3 is 0 Å². The summed E-state index contributed by atoms with van der Waals surface area (Å²) in [5, 5.41) is 0. The van der Waals surface area contributed by atoms with Crippen LogP contribution in [-0.2, 0) is 4.74 Å². The predicted octanol–water partition coefficient (Wildman–Crippen LogP) is 3.30. The van der Waals surface area contributed by atoms with E-state index in [2.05, 4.69) is 58.8 Å². The molecule has 1 heterocycles. The summed E-state index contributed by atoms with van der Waals surface area (Å²) in [6, 6.07) is 8.64. The van der Waals surface area contributed by atoms with Crippen LogP contribution in [0.2, 0.25) is 0 Å². The molecule has 0 bridgehead atoms. The van der Waals surface area contributed by atoms with E-state index < -0.39 is 0 Å². The predicted molar refractivity (Wildman–Crippen MR) is 76.0 cm³/mol. The van der Waals surface area contributed by atoms with E-state index in [-0.39, 0.29) is 0 Å². The number of hydrogen-bond donors (Lipinski definition) is 0. The molecule has 1 aromatic carbocycles. The van der Waals surface area contributed by atoms with Gasteiger partial charge in [-0.05, 0) is 66.1 Å². The van der Waals surface area contributed by atoms with Gasteiger partial charge in [0.1, 0.15) is 0 Å². The normalized spacial score (nSPS) is 20.8. The molecule has 2 nitrogen and oxygen atoms in total. The summed E-state index contributed by atoms with van der Waals surface area (Å²) >= 11 is 2.33. The van der Waals surface area contributed by atoms with Gasteiger partial charge in [0.15, 0.2) is 0 Å². The Balaban J connectivity index is 1.91. The Labute approximate surface area is 111 Å². The van der Waals surface area contributed by atoms with Crippen molar-refractivity contribution in [3.63, 3.8) is 0 Å². The Hall–Kier alpha value is -0.290. The Morgan fingerprint density at radius 2 is 2.06 bits per heavy atom. The van der Waals surface area contributed by atoms with Crippen molar-refractivity contribution in [3.05, 3.63) is 27.8 Å². The fourth-order valence-electron chi connectivity index (χ4n) is 2.06. The van der Waals surface area contributed by atoms with Gasteiger partial charge in [-0.15, -0.1) is 0 Å². The van der Waals surface area contributed by atoms with Crippen molar-refractivity contribution in [1.82, 2.24) is 0 Å². The fraction of sp³-hybridized carbons (Fsp3) is 0.538. The SMILES string of the molecule is CN(C[C@H]1CCCCO1)c1ccc(I)cc1. The maximum atomic E-state index is 5.75. The summed E-state index contributed by atoms with van der Waals surface area (Å²) in [7, 11) is 2.14. The fourth-order valence-corrected chi connectivity index (χ4v) is 2.42. The second-order valence-electron chi connectivity index (χ2n) is 4.35. The van der Waals surface area contributed by atoms with Gasteiger partial charge in [0, 0.05) is 29.5 Å². The third kappa shape index (κ3) is 3.35. The first-order valence-electron chi connectivity index (χ1n) is 5.84. The molecule has 1 aromatic rings. The van der Waals surface area contributed by atoms with Crippen molar-refractivity contribution in [3.8, 4) is 0 Å². The number of halogens is 1. The van der Waals surface area contributed by atoms with Crippen LogP contribution in [0.5, 0.6) is 0 Å². The zero-order chi connectivity index (χ0) is 11.4. The molecule has 1 saturated heterocycles. The smallest absolute Gasteiger partial charge is 0.0749 e. The third-order valence-corrected chi connectivity index (χ3v) is 3.74. The van der Waals surface area contributed by atoms with Crippen LogP contribution in [0.25, 0.3) is 0 Å². The lowest BCUT2D eigenvalue weighted by Crippen LogP contribution is -2.33. The van der Waals surface area contributed by atoms with Gasteiger partial charge in [-0.1, -0.05) is 0 Å². The number of anilines is 1. The van der Waals surface area contributed by atoms with Crippen LogP contribution in [0.3, 0.4) is 0 Å². The first-order valence-corrected chi connectivity index (χ1v) is 6.92. The lowest BCUT2D eigenvalue weighted by Gasteiger charge is -2.28. The molecular formula is C13H18INO. The number of likely N-dealkylation sites (N-methyl/N-ethyl adjacent to an activating group) is 1. The minimum Gasteiger partial charge on any atom is -0.376 e. The molecule has 1 atom stereocenters. The molecule has 0 aliphatic carbocycles. The lowest BCUT2D eigenvalue weighted by atomic mass is 10.1. The second-order valence-corrected chi connectivity index (χ2v) is 5.59. The molecule has 3 heteroatoms. The van der Waals surface area contributed by atoms with Gasteiger partial charge in [-0.3, -0.25) is 0 Å². The van der Waals surface area contributed by atoms with E-state index in [1.54, 1.807) is 0 Å². The molecule has 0 aromatic heterocycles. The van der Waals surface area contributed by atoms with Crippen molar-refractivity contribution in [2.75, 3.05) is 25.1 Å².